The molecule has 3 rings (SSSR count). The Morgan fingerprint density at radius 1 is 1.05 bits per heavy atom. The quantitative estimate of drug-likeness (QED) is 0.789. The number of carbonyl (C=O) groups excluding carboxylic acids is 2. The van der Waals surface area contributed by atoms with Gasteiger partial charge < -0.3 is 9.47 Å². The van der Waals surface area contributed by atoms with Crippen molar-refractivity contribution >= 4 is 11.7 Å². The zero-order chi connectivity index (χ0) is 14.3. The smallest absolute Gasteiger partial charge is 0.270 e. The van der Waals surface area contributed by atoms with E-state index in [4.69, 9.17) is 0 Å². The summed E-state index contributed by atoms with van der Waals surface area (Å²) in [5, 5.41) is 0. The number of piperidine rings is 1. The van der Waals surface area contributed by atoms with Gasteiger partial charge in [-0.1, -0.05) is 0 Å². The van der Waals surface area contributed by atoms with Crippen molar-refractivity contribution in [3.8, 4) is 0 Å². The number of nitrogens with zero attached hydrogens (tertiary/aromatic N) is 2. The Morgan fingerprint density at radius 2 is 1.75 bits per heavy atom. The van der Waals surface area contributed by atoms with Crippen LogP contribution in [0.25, 0.3) is 0 Å². The van der Waals surface area contributed by atoms with Crippen LogP contribution in [0.5, 0.6) is 0 Å². The molecule has 0 saturated carbocycles. The van der Waals surface area contributed by atoms with Gasteiger partial charge in [0.1, 0.15) is 5.69 Å². The molecule has 0 N–H and O–H groups in total. The molecule has 0 spiro atoms. The third kappa shape index (κ3) is 1.98. The minimum Gasteiger partial charge on any atom is -0.343 e. The lowest BCUT2D eigenvalue weighted by Crippen LogP contribution is -2.37. The van der Waals surface area contributed by atoms with E-state index in [9.17, 15) is 9.59 Å². The molecular weight excluding hydrogens is 252 g/mol. The average molecular weight is 274 g/mol. The number of hydrogen-bond donors (Lipinski definition) is 0. The molecule has 1 aliphatic carbocycles. The summed E-state index contributed by atoms with van der Waals surface area (Å²) >= 11 is 0. The topological polar surface area (TPSA) is 42.3 Å². The molecule has 1 saturated heterocycles. The summed E-state index contributed by atoms with van der Waals surface area (Å²) in [6, 6.07) is 0. The van der Waals surface area contributed by atoms with Crippen molar-refractivity contribution in [1.29, 1.82) is 0 Å². The maximum absolute atomic E-state index is 12.8. The summed E-state index contributed by atoms with van der Waals surface area (Å²) in [5.41, 5.74) is 3.49. The van der Waals surface area contributed by atoms with E-state index in [1.807, 2.05) is 23.4 Å². The van der Waals surface area contributed by atoms with Crippen LogP contribution in [0.4, 0.5) is 0 Å². The second-order valence-electron chi connectivity index (χ2n) is 5.98. The zero-order valence-corrected chi connectivity index (χ0v) is 12.4. The monoisotopic (exact) mass is 274 g/mol. The van der Waals surface area contributed by atoms with Gasteiger partial charge in [0.25, 0.3) is 5.91 Å². The predicted octanol–water partition coefficient (Wildman–Crippen LogP) is 2.48. The second kappa shape index (κ2) is 5.08. The van der Waals surface area contributed by atoms with Gasteiger partial charge in [-0.25, -0.2) is 0 Å². The van der Waals surface area contributed by atoms with E-state index in [2.05, 4.69) is 0 Å². The van der Waals surface area contributed by atoms with Crippen LogP contribution in [0.3, 0.4) is 0 Å². The van der Waals surface area contributed by atoms with E-state index in [1.54, 1.807) is 0 Å². The van der Waals surface area contributed by atoms with Crippen molar-refractivity contribution in [2.45, 2.75) is 45.4 Å². The third-order valence-corrected chi connectivity index (χ3v) is 4.70. The van der Waals surface area contributed by atoms with Gasteiger partial charge in [0.05, 0.1) is 0 Å². The predicted molar refractivity (Wildman–Crippen MR) is 77.2 cm³/mol. The SMILES string of the molecule is Cc1c2c(n(C)c1C(=O)N1CCCCC1)CCCC2=O. The summed E-state index contributed by atoms with van der Waals surface area (Å²) in [4.78, 5) is 26.8. The molecule has 1 amide bonds. The van der Waals surface area contributed by atoms with E-state index < -0.39 is 0 Å². The van der Waals surface area contributed by atoms with Crippen LogP contribution >= 0.6 is 0 Å². The Balaban J connectivity index is 2.01. The van der Waals surface area contributed by atoms with E-state index in [1.165, 1.54) is 6.42 Å². The van der Waals surface area contributed by atoms with E-state index in [0.717, 1.165) is 61.3 Å². The highest BCUT2D eigenvalue weighted by Gasteiger charge is 2.31. The van der Waals surface area contributed by atoms with Crippen LogP contribution in [-0.4, -0.2) is 34.2 Å². The van der Waals surface area contributed by atoms with Crippen LogP contribution in [0.2, 0.25) is 0 Å². The number of ketones is 1. The largest absolute Gasteiger partial charge is 0.343 e. The van der Waals surface area contributed by atoms with E-state index in [-0.39, 0.29) is 11.7 Å². The molecule has 1 aromatic heterocycles. The molecule has 20 heavy (non-hydrogen) atoms. The van der Waals surface area contributed by atoms with Gasteiger partial charge in [-0.05, 0) is 44.6 Å². The Bertz CT molecular complexity index is 566. The number of fused-ring (bicyclic) bond motifs is 1. The number of Topliss-reactive ketones (excluding diaryl/α,β-unsaturated/α-hetero) is 1. The highest BCUT2D eigenvalue weighted by molar-refractivity contribution is 6.04. The molecule has 0 unspecified atom stereocenters. The molecule has 1 aromatic rings. The van der Waals surface area contributed by atoms with Gasteiger partial charge >= 0.3 is 0 Å². The van der Waals surface area contributed by atoms with Crippen molar-refractivity contribution in [1.82, 2.24) is 9.47 Å². The lowest BCUT2D eigenvalue weighted by Gasteiger charge is -2.27. The standard InChI is InChI=1S/C16H22N2O2/c1-11-14-12(7-6-8-13(14)19)17(2)15(11)16(20)18-9-4-3-5-10-18/h3-10H2,1-2H3. The summed E-state index contributed by atoms with van der Waals surface area (Å²) in [6.45, 7) is 3.63. The number of rotatable bonds is 1. The first-order valence-corrected chi connectivity index (χ1v) is 7.62. The molecule has 1 aliphatic heterocycles. The summed E-state index contributed by atoms with van der Waals surface area (Å²) in [5.74, 6) is 0.309. The van der Waals surface area contributed by atoms with Crippen molar-refractivity contribution < 1.29 is 9.59 Å². The zero-order valence-electron chi connectivity index (χ0n) is 12.4. The minimum absolute atomic E-state index is 0.104. The molecule has 4 nitrogen and oxygen atoms in total. The Labute approximate surface area is 119 Å². The number of aromatic nitrogens is 1. The summed E-state index contributed by atoms with van der Waals surface area (Å²) < 4.78 is 1.97. The second-order valence-corrected chi connectivity index (χ2v) is 5.98. The number of carbonyl (C=O) groups is 2. The fourth-order valence-electron chi connectivity index (χ4n) is 3.64. The molecule has 0 bridgehead atoms. The first-order chi connectivity index (χ1) is 9.61. The van der Waals surface area contributed by atoms with Crippen molar-refractivity contribution in [2.75, 3.05) is 13.1 Å². The molecular formula is C16H22N2O2. The fourth-order valence-corrected chi connectivity index (χ4v) is 3.64. The molecule has 4 heteroatoms. The van der Waals surface area contributed by atoms with E-state index in [0.29, 0.717) is 6.42 Å². The third-order valence-electron chi connectivity index (χ3n) is 4.70. The van der Waals surface area contributed by atoms with Crippen LogP contribution in [-0.2, 0) is 13.5 Å². The summed E-state index contributed by atoms with van der Waals surface area (Å²) in [7, 11) is 1.93. The maximum atomic E-state index is 12.8. The molecule has 108 valence electrons. The van der Waals surface area contributed by atoms with Gasteiger partial charge in [0.15, 0.2) is 5.78 Å². The van der Waals surface area contributed by atoms with E-state index >= 15 is 0 Å². The number of amides is 1. The van der Waals surface area contributed by atoms with Crippen LogP contribution < -0.4 is 0 Å². The number of likely N-dealkylation sites (tertiary alicyclic amines) is 1. The first kappa shape index (κ1) is 13.4. The van der Waals surface area contributed by atoms with Crippen LogP contribution in [0, 0.1) is 6.92 Å². The van der Waals surface area contributed by atoms with Crippen molar-refractivity contribution in [3.05, 3.63) is 22.5 Å². The van der Waals surface area contributed by atoms with Crippen molar-refractivity contribution in [3.63, 3.8) is 0 Å². The molecule has 1 fully saturated rings. The fraction of sp³-hybridized carbons (Fsp3) is 0.625. The Hall–Kier alpha value is -1.58. The first-order valence-electron chi connectivity index (χ1n) is 7.62. The van der Waals surface area contributed by atoms with Gasteiger partial charge in [0, 0.05) is 37.8 Å². The van der Waals surface area contributed by atoms with Gasteiger partial charge in [-0.3, -0.25) is 9.59 Å². The maximum Gasteiger partial charge on any atom is 0.270 e. The Morgan fingerprint density at radius 3 is 2.40 bits per heavy atom. The lowest BCUT2D eigenvalue weighted by molar-refractivity contribution is 0.0713. The van der Waals surface area contributed by atoms with Gasteiger partial charge in [-0.2, -0.15) is 0 Å². The minimum atomic E-state index is 0.104. The Kier molecular flexibility index (Phi) is 3.40. The van der Waals surface area contributed by atoms with Crippen LogP contribution in [0.15, 0.2) is 0 Å². The molecule has 2 aliphatic rings. The van der Waals surface area contributed by atoms with Crippen molar-refractivity contribution in [2.24, 2.45) is 7.05 Å². The van der Waals surface area contributed by atoms with Gasteiger partial charge in [0.2, 0.25) is 0 Å². The molecule has 0 atom stereocenters. The highest BCUT2D eigenvalue weighted by atomic mass is 16.2. The lowest BCUT2D eigenvalue weighted by atomic mass is 9.93. The normalized spacial score (nSPS) is 19.1. The summed E-state index contributed by atoms with van der Waals surface area (Å²) in [6.07, 6.45) is 5.83. The number of hydrogen-bond acceptors (Lipinski definition) is 2. The average Bonchev–Trinajstić information content (AvgIpc) is 2.72. The molecule has 0 radical (unpaired) electrons. The highest BCUT2D eigenvalue weighted by Crippen LogP contribution is 2.30. The molecule has 2 heterocycles. The van der Waals surface area contributed by atoms with Gasteiger partial charge in [-0.15, -0.1) is 0 Å². The molecule has 0 aromatic carbocycles. The van der Waals surface area contributed by atoms with Crippen LogP contribution in [0.1, 0.15) is 64.2 Å².